The molecule has 1 heterocycles. The van der Waals surface area contributed by atoms with Gasteiger partial charge in [0.2, 0.25) is 0 Å². The van der Waals surface area contributed by atoms with Crippen molar-refractivity contribution in [3.63, 3.8) is 0 Å². The molecule has 0 spiro atoms. The lowest BCUT2D eigenvalue weighted by atomic mass is 10.2. The van der Waals surface area contributed by atoms with E-state index in [9.17, 15) is 4.79 Å². The van der Waals surface area contributed by atoms with Crippen molar-refractivity contribution in [2.45, 2.75) is 32.3 Å². The number of amides is 1. The first-order valence-corrected chi connectivity index (χ1v) is 5.93. The van der Waals surface area contributed by atoms with Crippen LogP contribution < -0.4 is 5.32 Å². The molecule has 0 atom stereocenters. The van der Waals surface area contributed by atoms with E-state index >= 15 is 0 Å². The van der Waals surface area contributed by atoms with E-state index in [2.05, 4.69) is 10.3 Å². The average Bonchev–Trinajstić information content (AvgIpc) is 2.18. The summed E-state index contributed by atoms with van der Waals surface area (Å²) in [7, 11) is 0. The number of nitrogens with one attached hydrogen (secondary N) is 1. The first-order chi connectivity index (χ1) is 7.83. The summed E-state index contributed by atoms with van der Waals surface area (Å²) in [5.74, 6) is 0.232. The molecule has 94 valence electrons. The Morgan fingerprint density at radius 3 is 2.65 bits per heavy atom. The fourth-order valence-corrected chi connectivity index (χ4v) is 1.56. The second-order valence-electron chi connectivity index (χ2n) is 4.42. The number of pyridine rings is 1. The summed E-state index contributed by atoms with van der Waals surface area (Å²) in [6.45, 7) is 5.34. The van der Waals surface area contributed by atoms with Crippen molar-refractivity contribution in [3.05, 3.63) is 23.0 Å². The van der Waals surface area contributed by atoms with Crippen LogP contribution in [0, 0.1) is 0 Å². The van der Waals surface area contributed by atoms with Gasteiger partial charge in [0, 0.05) is 11.8 Å². The Bertz CT molecular complexity index is 416. The third kappa shape index (κ3) is 4.40. The molecule has 1 N–H and O–H groups in total. The van der Waals surface area contributed by atoms with Gasteiger partial charge in [-0.1, -0.05) is 11.6 Å². The van der Waals surface area contributed by atoms with Crippen LogP contribution in [0.15, 0.2) is 12.4 Å². The Morgan fingerprint density at radius 2 is 2.12 bits per heavy atom. The van der Waals surface area contributed by atoms with E-state index in [0.29, 0.717) is 16.3 Å². The lowest BCUT2D eigenvalue weighted by Gasteiger charge is -2.20. The van der Waals surface area contributed by atoms with Gasteiger partial charge >= 0.3 is 6.09 Å². The Morgan fingerprint density at radius 1 is 1.47 bits per heavy atom. The minimum absolute atomic E-state index is 0.232. The van der Waals surface area contributed by atoms with Gasteiger partial charge in [-0.15, -0.1) is 11.6 Å². The van der Waals surface area contributed by atoms with Gasteiger partial charge in [0.15, 0.2) is 0 Å². The van der Waals surface area contributed by atoms with Crippen molar-refractivity contribution < 1.29 is 9.53 Å². The van der Waals surface area contributed by atoms with Crippen LogP contribution in [-0.2, 0) is 10.6 Å². The van der Waals surface area contributed by atoms with Crippen molar-refractivity contribution in [1.82, 2.24) is 4.98 Å². The number of nitrogens with zero attached hydrogens (tertiary/aromatic N) is 1. The first kappa shape index (κ1) is 14.1. The van der Waals surface area contributed by atoms with Gasteiger partial charge in [-0.25, -0.2) is 4.79 Å². The Hall–Kier alpha value is -1.000. The molecular formula is C11H14Cl2N2O2. The van der Waals surface area contributed by atoms with Gasteiger partial charge in [-0.05, 0) is 20.8 Å². The monoisotopic (exact) mass is 276 g/mol. The predicted octanol–water partition coefficient (Wildman–Crippen LogP) is 3.82. The number of carbonyl (C=O) groups is 1. The Labute approximate surface area is 110 Å². The molecule has 1 aromatic rings. The van der Waals surface area contributed by atoms with Crippen LogP contribution in [-0.4, -0.2) is 16.7 Å². The van der Waals surface area contributed by atoms with Crippen molar-refractivity contribution >= 4 is 35.0 Å². The molecule has 0 bridgehead atoms. The third-order valence-electron chi connectivity index (χ3n) is 1.73. The zero-order chi connectivity index (χ0) is 13.1. The summed E-state index contributed by atoms with van der Waals surface area (Å²) >= 11 is 11.7. The van der Waals surface area contributed by atoms with E-state index in [-0.39, 0.29) is 5.88 Å². The van der Waals surface area contributed by atoms with Crippen LogP contribution in [0.25, 0.3) is 0 Å². The van der Waals surface area contributed by atoms with Crippen molar-refractivity contribution in [2.24, 2.45) is 0 Å². The number of hydrogen-bond donors (Lipinski definition) is 1. The van der Waals surface area contributed by atoms with E-state index < -0.39 is 11.7 Å². The third-order valence-corrected chi connectivity index (χ3v) is 2.47. The minimum Gasteiger partial charge on any atom is -0.444 e. The summed E-state index contributed by atoms with van der Waals surface area (Å²) in [6.07, 6.45) is 2.42. The van der Waals surface area contributed by atoms with Crippen LogP contribution in [0.4, 0.5) is 10.5 Å². The van der Waals surface area contributed by atoms with E-state index in [4.69, 9.17) is 27.9 Å². The zero-order valence-corrected chi connectivity index (χ0v) is 11.4. The maximum absolute atomic E-state index is 11.5. The van der Waals surface area contributed by atoms with Crippen molar-refractivity contribution in [2.75, 3.05) is 5.32 Å². The highest BCUT2D eigenvalue weighted by Gasteiger charge is 2.17. The number of aromatic nitrogens is 1. The SMILES string of the molecule is CC(C)(C)OC(=O)Nc1cncc(CCl)c1Cl. The smallest absolute Gasteiger partial charge is 0.412 e. The zero-order valence-electron chi connectivity index (χ0n) is 9.88. The number of halogens is 2. The maximum Gasteiger partial charge on any atom is 0.412 e. The van der Waals surface area contributed by atoms with Crippen LogP contribution in [0.1, 0.15) is 26.3 Å². The molecule has 4 nitrogen and oxygen atoms in total. The summed E-state index contributed by atoms with van der Waals surface area (Å²) in [5, 5.41) is 2.90. The largest absolute Gasteiger partial charge is 0.444 e. The summed E-state index contributed by atoms with van der Waals surface area (Å²) in [5.41, 5.74) is 0.481. The second kappa shape index (κ2) is 5.56. The molecule has 1 aromatic heterocycles. The number of carbonyl (C=O) groups excluding carboxylic acids is 1. The van der Waals surface area contributed by atoms with E-state index in [1.165, 1.54) is 6.20 Å². The van der Waals surface area contributed by atoms with Crippen LogP contribution in [0.5, 0.6) is 0 Å². The maximum atomic E-state index is 11.5. The summed E-state index contributed by atoms with van der Waals surface area (Å²) in [4.78, 5) is 15.5. The Kier molecular flexibility index (Phi) is 4.60. The molecule has 0 saturated heterocycles. The standard InChI is InChI=1S/C11H14Cl2N2O2/c1-11(2,3)17-10(16)15-8-6-14-5-7(4-12)9(8)13/h5-6H,4H2,1-3H3,(H,15,16). The fraction of sp³-hybridized carbons (Fsp3) is 0.455. The van der Waals surface area contributed by atoms with E-state index in [1.807, 2.05) is 0 Å². The van der Waals surface area contributed by atoms with Gasteiger partial charge in [-0.3, -0.25) is 10.3 Å². The summed E-state index contributed by atoms with van der Waals surface area (Å²) < 4.78 is 5.10. The number of alkyl halides is 1. The summed E-state index contributed by atoms with van der Waals surface area (Å²) in [6, 6.07) is 0. The van der Waals surface area contributed by atoms with Gasteiger partial charge in [-0.2, -0.15) is 0 Å². The molecule has 0 aliphatic carbocycles. The van der Waals surface area contributed by atoms with Gasteiger partial charge in [0.05, 0.1) is 22.8 Å². The second-order valence-corrected chi connectivity index (χ2v) is 5.07. The molecule has 0 saturated carbocycles. The average molecular weight is 277 g/mol. The number of ether oxygens (including phenoxy) is 1. The molecule has 1 rings (SSSR count). The van der Waals surface area contributed by atoms with Crippen molar-refractivity contribution in [1.29, 1.82) is 0 Å². The Balaban J connectivity index is 2.79. The van der Waals surface area contributed by atoms with Gasteiger partial charge in [0.25, 0.3) is 0 Å². The molecule has 0 aliphatic rings. The molecule has 0 aromatic carbocycles. The van der Waals surface area contributed by atoms with Crippen molar-refractivity contribution in [3.8, 4) is 0 Å². The first-order valence-electron chi connectivity index (χ1n) is 5.02. The normalized spacial score (nSPS) is 11.1. The fourth-order valence-electron chi connectivity index (χ4n) is 1.08. The molecule has 0 aliphatic heterocycles. The van der Waals surface area contributed by atoms with Crippen LogP contribution in [0.2, 0.25) is 5.02 Å². The van der Waals surface area contributed by atoms with Gasteiger partial charge < -0.3 is 4.74 Å². The number of hydrogen-bond acceptors (Lipinski definition) is 3. The van der Waals surface area contributed by atoms with Crippen LogP contribution >= 0.6 is 23.2 Å². The van der Waals surface area contributed by atoms with Gasteiger partial charge in [0.1, 0.15) is 5.60 Å². The highest BCUT2D eigenvalue weighted by molar-refractivity contribution is 6.35. The highest BCUT2D eigenvalue weighted by atomic mass is 35.5. The lowest BCUT2D eigenvalue weighted by molar-refractivity contribution is 0.0636. The highest BCUT2D eigenvalue weighted by Crippen LogP contribution is 2.26. The number of rotatable bonds is 2. The molecular weight excluding hydrogens is 263 g/mol. The topological polar surface area (TPSA) is 51.2 Å². The van der Waals surface area contributed by atoms with E-state index in [0.717, 1.165) is 0 Å². The number of anilines is 1. The minimum atomic E-state index is -0.576. The molecule has 0 unspecified atom stereocenters. The molecule has 6 heteroatoms. The molecule has 0 radical (unpaired) electrons. The molecule has 1 amide bonds. The molecule has 0 fully saturated rings. The predicted molar refractivity (Wildman–Crippen MR) is 68.7 cm³/mol. The van der Waals surface area contributed by atoms with E-state index in [1.54, 1.807) is 27.0 Å². The molecule has 17 heavy (non-hydrogen) atoms. The lowest BCUT2D eigenvalue weighted by Crippen LogP contribution is -2.27. The van der Waals surface area contributed by atoms with Crippen LogP contribution in [0.3, 0.4) is 0 Å². The quantitative estimate of drug-likeness (QED) is 0.836.